The van der Waals surface area contributed by atoms with E-state index in [0.29, 0.717) is 30.1 Å². The zero-order chi connectivity index (χ0) is 20.3. The third kappa shape index (κ3) is 4.02. The fraction of sp³-hybridized carbons (Fsp3) is 0.333. The van der Waals surface area contributed by atoms with Gasteiger partial charge in [-0.15, -0.1) is 10.2 Å². The van der Waals surface area contributed by atoms with Gasteiger partial charge in [-0.1, -0.05) is 12.1 Å². The molecule has 0 atom stereocenters. The van der Waals surface area contributed by atoms with Crippen molar-refractivity contribution in [3.8, 4) is 22.8 Å². The van der Waals surface area contributed by atoms with E-state index >= 15 is 0 Å². The van der Waals surface area contributed by atoms with Gasteiger partial charge in [-0.25, -0.2) is 18.4 Å². The molecule has 4 N–H and O–H groups in total. The van der Waals surface area contributed by atoms with Crippen LogP contribution in [0.5, 0.6) is 0 Å². The van der Waals surface area contributed by atoms with E-state index in [1.165, 1.54) is 6.20 Å². The molecule has 0 saturated carbocycles. The van der Waals surface area contributed by atoms with Crippen molar-refractivity contribution >= 4 is 15.7 Å². The first-order chi connectivity index (χ1) is 13.3. The molecule has 3 aromatic rings. The molecule has 0 aliphatic rings. The molecule has 0 spiro atoms. The standard InChI is InChI=1S/C18H22N6O3S.4H2/c1-11(2)28(25,26)13-7-5-12(6-8-13)14-10-21-17(20)16(22-14)18-24-23-15(27-18)4-3-9-19;;;;/h5-8,10-11H,3-4,9,19H2,1-2H3,(H2,20,21);4*1H. The highest BCUT2D eigenvalue weighted by molar-refractivity contribution is 7.92. The van der Waals surface area contributed by atoms with E-state index in [2.05, 4.69) is 20.2 Å². The lowest BCUT2D eigenvalue weighted by atomic mass is 10.1. The Kier molecular flexibility index (Phi) is 5.71. The van der Waals surface area contributed by atoms with Crippen LogP contribution < -0.4 is 11.5 Å². The van der Waals surface area contributed by atoms with Crippen molar-refractivity contribution in [3.05, 3.63) is 36.4 Å². The number of nitrogen functional groups attached to an aromatic ring is 1. The number of benzene rings is 1. The summed E-state index contributed by atoms with van der Waals surface area (Å²) in [7, 11) is -3.34. The molecule has 28 heavy (non-hydrogen) atoms. The molecule has 0 amide bonds. The highest BCUT2D eigenvalue weighted by Gasteiger charge is 2.20. The molecule has 156 valence electrons. The lowest BCUT2D eigenvalue weighted by Gasteiger charge is -2.09. The number of anilines is 1. The molecule has 0 saturated heterocycles. The van der Waals surface area contributed by atoms with Crippen LogP contribution in [0.25, 0.3) is 22.8 Å². The molecule has 10 heteroatoms. The minimum atomic E-state index is -3.34. The highest BCUT2D eigenvalue weighted by atomic mass is 32.2. The topological polar surface area (TPSA) is 151 Å². The average molecular weight is 411 g/mol. The van der Waals surface area contributed by atoms with Gasteiger partial charge in [0, 0.05) is 17.7 Å². The Bertz CT molecular complexity index is 1080. The van der Waals surface area contributed by atoms with Gasteiger partial charge in [0.15, 0.2) is 21.3 Å². The average Bonchev–Trinajstić information content (AvgIpc) is 3.15. The molecule has 2 heterocycles. The van der Waals surface area contributed by atoms with Crippen LogP contribution in [0.3, 0.4) is 0 Å². The maximum absolute atomic E-state index is 12.3. The molecule has 0 aliphatic carbocycles. The Morgan fingerprint density at radius 1 is 1.18 bits per heavy atom. The molecule has 0 radical (unpaired) electrons. The largest absolute Gasteiger partial charge is 0.419 e. The minimum absolute atomic E-state index is 0. The van der Waals surface area contributed by atoms with Gasteiger partial charge in [0.1, 0.15) is 0 Å². The Hall–Kier alpha value is -2.85. The molecular weight excluding hydrogens is 380 g/mol. The quantitative estimate of drug-likeness (QED) is 0.599. The van der Waals surface area contributed by atoms with Crippen molar-refractivity contribution in [2.45, 2.75) is 36.8 Å². The van der Waals surface area contributed by atoms with Gasteiger partial charge in [-0.3, -0.25) is 0 Å². The first-order valence-corrected chi connectivity index (χ1v) is 10.4. The third-order valence-corrected chi connectivity index (χ3v) is 6.33. The molecule has 0 fully saturated rings. The van der Waals surface area contributed by atoms with Crippen LogP contribution >= 0.6 is 0 Å². The molecule has 1 aromatic carbocycles. The summed E-state index contributed by atoms with van der Waals surface area (Å²) < 4.78 is 30.1. The fourth-order valence-corrected chi connectivity index (χ4v) is 3.55. The van der Waals surface area contributed by atoms with E-state index < -0.39 is 15.1 Å². The highest BCUT2D eigenvalue weighted by Crippen LogP contribution is 2.26. The summed E-state index contributed by atoms with van der Waals surface area (Å²) in [6.45, 7) is 3.82. The number of hydrogen-bond acceptors (Lipinski definition) is 9. The van der Waals surface area contributed by atoms with Gasteiger partial charge >= 0.3 is 0 Å². The molecule has 0 aliphatic heterocycles. The smallest absolute Gasteiger partial charge is 0.270 e. The lowest BCUT2D eigenvalue weighted by molar-refractivity contribution is 0.497. The molecule has 2 aromatic heterocycles. The minimum Gasteiger partial charge on any atom is -0.419 e. The molecule has 9 nitrogen and oxygen atoms in total. The van der Waals surface area contributed by atoms with Gasteiger partial charge in [0.25, 0.3) is 5.89 Å². The number of hydrogen-bond donors (Lipinski definition) is 2. The summed E-state index contributed by atoms with van der Waals surface area (Å²) in [6.07, 6.45) is 2.81. The van der Waals surface area contributed by atoms with Crippen LogP contribution in [0, 0.1) is 0 Å². The Balaban J connectivity index is 0. The number of aromatic nitrogens is 4. The maximum atomic E-state index is 12.3. The zero-order valence-corrected chi connectivity index (χ0v) is 16.5. The van der Waals surface area contributed by atoms with Crippen molar-refractivity contribution in [1.82, 2.24) is 20.2 Å². The second-order valence-electron chi connectivity index (χ2n) is 6.50. The number of nitrogens with zero attached hydrogens (tertiary/aromatic N) is 4. The van der Waals surface area contributed by atoms with E-state index in [-0.39, 0.29) is 28.0 Å². The van der Waals surface area contributed by atoms with E-state index in [1.807, 2.05) is 0 Å². The lowest BCUT2D eigenvalue weighted by Crippen LogP contribution is -2.13. The van der Waals surface area contributed by atoms with Gasteiger partial charge in [0.05, 0.1) is 22.0 Å². The third-order valence-electron chi connectivity index (χ3n) is 4.16. The molecule has 0 bridgehead atoms. The van der Waals surface area contributed by atoms with Crippen LogP contribution in [0.2, 0.25) is 0 Å². The van der Waals surface area contributed by atoms with Crippen LogP contribution in [0.1, 0.15) is 31.9 Å². The summed E-state index contributed by atoms with van der Waals surface area (Å²) in [5, 5.41) is 7.45. The monoisotopic (exact) mass is 410 g/mol. The van der Waals surface area contributed by atoms with Crippen molar-refractivity contribution in [3.63, 3.8) is 0 Å². The van der Waals surface area contributed by atoms with Crippen molar-refractivity contribution < 1.29 is 18.5 Å². The van der Waals surface area contributed by atoms with Crippen LogP contribution in [-0.4, -0.2) is 40.4 Å². The Morgan fingerprint density at radius 3 is 2.54 bits per heavy atom. The summed E-state index contributed by atoms with van der Waals surface area (Å²) in [5.74, 6) is 0.796. The van der Waals surface area contributed by atoms with Crippen LogP contribution in [0.15, 0.2) is 39.8 Å². The Morgan fingerprint density at radius 2 is 1.89 bits per heavy atom. The SMILES string of the molecule is CC(C)S(=O)(=O)c1ccc(-c2cnc(N)c(-c3nnc(CCCN)o3)n2)cc1.[HH].[HH].[HH].[HH]. The maximum Gasteiger partial charge on any atom is 0.270 e. The number of aryl methyl sites for hydroxylation is 1. The van der Waals surface area contributed by atoms with E-state index in [4.69, 9.17) is 15.9 Å². The summed E-state index contributed by atoms with van der Waals surface area (Å²) in [6, 6.07) is 6.47. The van der Waals surface area contributed by atoms with Gasteiger partial charge in [-0.2, -0.15) is 0 Å². The van der Waals surface area contributed by atoms with Gasteiger partial charge in [-0.05, 0) is 38.9 Å². The first kappa shape index (κ1) is 19.9. The van der Waals surface area contributed by atoms with E-state index in [9.17, 15) is 8.42 Å². The normalized spacial score (nSPS) is 11.9. The molecule has 3 rings (SSSR count). The van der Waals surface area contributed by atoms with Gasteiger partial charge < -0.3 is 15.9 Å². The van der Waals surface area contributed by atoms with E-state index in [1.54, 1.807) is 38.1 Å². The number of rotatable bonds is 7. The first-order valence-electron chi connectivity index (χ1n) is 8.82. The number of sulfone groups is 1. The van der Waals surface area contributed by atoms with Crippen molar-refractivity contribution in [1.29, 1.82) is 0 Å². The zero-order valence-electron chi connectivity index (χ0n) is 15.7. The van der Waals surface area contributed by atoms with Crippen LogP contribution in [0.4, 0.5) is 5.82 Å². The van der Waals surface area contributed by atoms with E-state index in [0.717, 1.165) is 6.42 Å². The summed E-state index contributed by atoms with van der Waals surface area (Å²) >= 11 is 0. The van der Waals surface area contributed by atoms with Gasteiger partial charge in [0.2, 0.25) is 5.89 Å². The Labute approximate surface area is 169 Å². The second kappa shape index (κ2) is 8.03. The predicted octanol–water partition coefficient (Wildman–Crippen LogP) is 2.83. The second-order valence-corrected chi connectivity index (χ2v) is 9.00. The summed E-state index contributed by atoms with van der Waals surface area (Å²) in [5.41, 5.74) is 12.9. The molecule has 0 unspecified atom stereocenters. The van der Waals surface area contributed by atoms with Crippen molar-refractivity contribution in [2.24, 2.45) is 5.73 Å². The summed E-state index contributed by atoms with van der Waals surface area (Å²) in [4.78, 5) is 8.89. The number of nitrogens with two attached hydrogens (primary N) is 2. The van der Waals surface area contributed by atoms with Crippen molar-refractivity contribution in [2.75, 3.05) is 12.3 Å². The van der Waals surface area contributed by atoms with Crippen LogP contribution in [-0.2, 0) is 16.3 Å². The molecular formula is C18H30N6O3S. The fourth-order valence-electron chi connectivity index (χ4n) is 2.49. The predicted molar refractivity (Wildman–Crippen MR) is 113 cm³/mol.